The zero-order valence-corrected chi connectivity index (χ0v) is 10.5. The van der Waals surface area contributed by atoms with E-state index in [9.17, 15) is 4.79 Å². The molecule has 0 saturated carbocycles. The quantitative estimate of drug-likeness (QED) is 0.759. The molecule has 0 spiro atoms. The molecule has 1 aromatic rings. The van der Waals surface area contributed by atoms with Crippen LogP contribution in [0.25, 0.3) is 0 Å². The lowest BCUT2D eigenvalue weighted by Gasteiger charge is -2.34. The third kappa shape index (κ3) is 1.75. The van der Waals surface area contributed by atoms with Crippen molar-refractivity contribution in [1.82, 2.24) is 4.90 Å². The van der Waals surface area contributed by atoms with E-state index < -0.39 is 5.72 Å². The fourth-order valence-electron chi connectivity index (χ4n) is 2.85. The van der Waals surface area contributed by atoms with Crippen LogP contribution in [0.4, 0.5) is 0 Å². The van der Waals surface area contributed by atoms with Crippen LogP contribution in [0, 0.1) is 0 Å². The molecule has 94 valence electrons. The Morgan fingerprint density at radius 1 is 1.33 bits per heavy atom. The van der Waals surface area contributed by atoms with E-state index in [0.29, 0.717) is 6.61 Å². The average Bonchev–Trinajstić information content (AvgIpc) is 2.66. The summed E-state index contributed by atoms with van der Waals surface area (Å²) in [5, 5.41) is 0. The Morgan fingerprint density at radius 3 is 2.89 bits per heavy atom. The SMILES string of the molecule is C[C@@]12CCC=CC(=O)N1[C@H](c1ccccc1)CO2. The van der Waals surface area contributed by atoms with Gasteiger partial charge in [0.15, 0.2) is 0 Å². The van der Waals surface area contributed by atoms with Gasteiger partial charge in [-0.2, -0.15) is 0 Å². The van der Waals surface area contributed by atoms with E-state index in [1.807, 2.05) is 36.1 Å². The molecule has 0 aromatic heterocycles. The minimum atomic E-state index is -0.457. The molecule has 2 aliphatic rings. The number of rotatable bonds is 1. The van der Waals surface area contributed by atoms with Gasteiger partial charge in [-0.15, -0.1) is 0 Å². The van der Waals surface area contributed by atoms with Crippen molar-refractivity contribution >= 4 is 5.91 Å². The molecule has 3 heteroatoms. The van der Waals surface area contributed by atoms with E-state index in [4.69, 9.17) is 4.74 Å². The minimum Gasteiger partial charge on any atom is -0.353 e. The van der Waals surface area contributed by atoms with Crippen LogP contribution in [0.2, 0.25) is 0 Å². The van der Waals surface area contributed by atoms with Gasteiger partial charge in [-0.05, 0) is 31.4 Å². The van der Waals surface area contributed by atoms with Crippen LogP contribution >= 0.6 is 0 Å². The van der Waals surface area contributed by atoms with Gasteiger partial charge in [0.2, 0.25) is 5.91 Å². The average molecular weight is 243 g/mol. The fraction of sp³-hybridized carbons (Fsp3) is 0.400. The molecule has 2 heterocycles. The highest BCUT2D eigenvalue weighted by Gasteiger charge is 2.46. The maximum absolute atomic E-state index is 12.2. The van der Waals surface area contributed by atoms with Crippen LogP contribution in [0.15, 0.2) is 42.5 Å². The van der Waals surface area contributed by atoms with Crippen molar-refractivity contribution in [3.05, 3.63) is 48.0 Å². The van der Waals surface area contributed by atoms with Gasteiger partial charge in [-0.25, -0.2) is 0 Å². The third-order valence-electron chi connectivity index (χ3n) is 3.83. The number of carbonyl (C=O) groups is 1. The van der Waals surface area contributed by atoms with Gasteiger partial charge in [0.05, 0.1) is 12.6 Å². The summed E-state index contributed by atoms with van der Waals surface area (Å²) in [6.45, 7) is 2.60. The summed E-state index contributed by atoms with van der Waals surface area (Å²) in [7, 11) is 0. The van der Waals surface area contributed by atoms with Gasteiger partial charge in [-0.3, -0.25) is 4.79 Å². The Morgan fingerprint density at radius 2 is 2.11 bits per heavy atom. The Bertz CT molecular complexity index is 483. The molecule has 1 fully saturated rings. The highest BCUT2D eigenvalue weighted by atomic mass is 16.5. The van der Waals surface area contributed by atoms with Gasteiger partial charge in [0.25, 0.3) is 0 Å². The molecule has 0 bridgehead atoms. The molecule has 0 radical (unpaired) electrons. The standard InChI is InChI=1S/C15H17NO2/c1-15-10-6-5-9-14(17)16(15)13(11-18-15)12-7-3-2-4-8-12/h2-5,7-9,13H,6,10-11H2,1H3/t13-,15+/m0/s1. The first kappa shape index (κ1) is 11.5. The van der Waals surface area contributed by atoms with Gasteiger partial charge in [-0.1, -0.05) is 36.4 Å². The number of benzene rings is 1. The Hall–Kier alpha value is -1.61. The lowest BCUT2D eigenvalue weighted by atomic mass is 10.0. The van der Waals surface area contributed by atoms with Crippen molar-refractivity contribution in [2.45, 2.75) is 31.5 Å². The Balaban J connectivity index is 1.99. The van der Waals surface area contributed by atoms with Crippen LogP contribution in [-0.2, 0) is 9.53 Å². The van der Waals surface area contributed by atoms with Crippen molar-refractivity contribution in [2.24, 2.45) is 0 Å². The summed E-state index contributed by atoms with van der Waals surface area (Å²) in [6, 6.07) is 10.1. The van der Waals surface area contributed by atoms with E-state index in [1.165, 1.54) is 0 Å². The first-order valence-corrected chi connectivity index (χ1v) is 6.39. The van der Waals surface area contributed by atoms with E-state index in [-0.39, 0.29) is 11.9 Å². The molecule has 1 amide bonds. The lowest BCUT2D eigenvalue weighted by molar-refractivity contribution is -0.143. The topological polar surface area (TPSA) is 29.5 Å². The molecule has 2 aliphatic heterocycles. The largest absolute Gasteiger partial charge is 0.353 e. The maximum Gasteiger partial charge on any atom is 0.249 e. The highest BCUT2D eigenvalue weighted by Crippen LogP contribution is 2.40. The lowest BCUT2D eigenvalue weighted by Crippen LogP contribution is -2.45. The molecule has 18 heavy (non-hydrogen) atoms. The Labute approximate surface area is 107 Å². The number of fused-ring (bicyclic) bond motifs is 1. The van der Waals surface area contributed by atoms with E-state index >= 15 is 0 Å². The summed E-state index contributed by atoms with van der Waals surface area (Å²) in [4.78, 5) is 14.1. The number of allylic oxidation sites excluding steroid dienone is 1. The Kier molecular flexibility index (Phi) is 2.71. The number of hydrogen-bond acceptors (Lipinski definition) is 2. The predicted octanol–water partition coefficient (Wildman–Crippen LogP) is 2.65. The van der Waals surface area contributed by atoms with Crippen LogP contribution in [0.1, 0.15) is 31.4 Å². The van der Waals surface area contributed by atoms with Crippen LogP contribution < -0.4 is 0 Å². The zero-order valence-electron chi connectivity index (χ0n) is 10.5. The molecular weight excluding hydrogens is 226 g/mol. The molecule has 1 aromatic carbocycles. The van der Waals surface area contributed by atoms with E-state index in [2.05, 4.69) is 12.1 Å². The molecule has 3 rings (SSSR count). The molecule has 0 N–H and O–H groups in total. The summed E-state index contributed by atoms with van der Waals surface area (Å²) in [6.07, 6.45) is 5.37. The fourth-order valence-corrected chi connectivity index (χ4v) is 2.85. The van der Waals surface area contributed by atoms with Crippen LogP contribution in [-0.4, -0.2) is 23.1 Å². The number of ether oxygens (including phenoxy) is 1. The second-order valence-corrected chi connectivity index (χ2v) is 5.06. The normalized spacial score (nSPS) is 31.3. The monoisotopic (exact) mass is 243 g/mol. The molecule has 2 atom stereocenters. The van der Waals surface area contributed by atoms with E-state index in [1.54, 1.807) is 6.08 Å². The molecular formula is C15H17NO2. The number of amides is 1. The van der Waals surface area contributed by atoms with Crippen molar-refractivity contribution in [1.29, 1.82) is 0 Å². The molecule has 1 saturated heterocycles. The van der Waals surface area contributed by atoms with Crippen LogP contribution in [0.3, 0.4) is 0 Å². The highest BCUT2D eigenvalue weighted by molar-refractivity contribution is 5.89. The number of hydrogen-bond donors (Lipinski definition) is 0. The number of carbonyl (C=O) groups excluding carboxylic acids is 1. The van der Waals surface area contributed by atoms with Crippen molar-refractivity contribution < 1.29 is 9.53 Å². The van der Waals surface area contributed by atoms with Gasteiger partial charge >= 0.3 is 0 Å². The van der Waals surface area contributed by atoms with Crippen molar-refractivity contribution in [3.63, 3.8) is 0 Å². The summed E-state index contributed by atoms with van der Waals surface area (Å²) >= 11 is 0. The van der Waals surface area contributed by atoms with Gasteiger partial charge in [0, 0.05) is 0 Å². The molecule has 0 aliphatic carbocycles. The van der Waals surface area contributed by atoms with Crippen molar-refractivity contribution in [2.75, 3.05) is 6.61 Å². The second kappa shape index (κ2) is 4.25. The summed E-state index contributed by atoms with van der Waals surface area (Å²) in [5.74, 6) is 0.0568. The summed E-state index contributed by atoms with van der Waals surface area (Å²) < 4.78 is 5.93. The first-order valence-electron chi connectivity index (χ1n) is 6.39. The smallest absolute Gasteiger partial charge is 0.249 e. The van der Waals surface area contributed by atoms with E-state index in [0.717, 1.165) is 18.4 Å². The summed E-state index contributed by atoms with van der Waals surface area (Å²) in [5.41, 5.74) is 0.686. The third-order valence-corrected chi connectivity index (χ3v) is 3.83. The number of nitrogens with zero attached hydrogens (tertiary/aromatic N) is 1. The predicted molar refractivity (Wildman–Crippen MR) is 68.8 cm³/mol. The first-order chi connectivity index (χ1) is 8.71. The molecule has 0 unspecified atom stereocenters. The van der Waals surface area contributed by atoms with Crippen molar-refractivity contribution in [3.8, 4) is 0 Å². The minimum absolute atomic E-state index is 0.0337. The second-order valence-electron chi connectivity index (χ2n) is 5.06. The molecule has 3 nitrogen and oxygen atoms in total. The van der Waals surface area contributed by atoms with Gasteiger partial charge in [0.1, 0.15) is 5.72 Å². The van der Waals surface area contributed by atoms with Crippen LogP contribution in [0.5, 0.6) is 0 Å². The maximum atomic E-state index is 12.2. The van der Waals surface area contributed by atoms with Gasteiger partial charge < -0.3 is 9.64 Å². The zero-order chi connectivity index (χ0) is 12.6.